The van der Waals surface area contributed by atoms with Gasteiger partial charge in [-0.1, -0.05) is 67.1 Å². The molecule has 0 aliphatic carbocycles. The minimum Gasteiger partial charge on any atom is -0.496 e. The number of methoxy groups -OCH3 is 1. The van der Waals surface area contributed by atoms with Gasteiger partial charge in [0.15, 0.2) is 0 Å². The number of nitrogens with one attached hydrogen (secondary N) is 1. The van der Waals surface area contributed by atoms with E-state index >= 15 is 0 Å². The summed E-state index contributed by atoms with van der Waals surface area (Å²) in [6, 6.07) is 22.7. The van der Waals surface area contributed by atoms with Crippen LogP contribution in [0, 0.1) is 0 Å². The maximum atomic E-state index is 12.8. The third kappa shape index (κ3) is 4.52. The summed E-state index contributed by atoms with van der Waals surface area (Å²) < 4.78 is 5.68. The third-order valence-electron chi connectivity index (χ3n) is 6.54. The summed E-state index contributed by atoms with van der Waals surface area (Å²) in [5, 5.41) is 15.4. The molecule has 0 radical (unpaired) electrons. The van der Waals surface area contributed by atoms with Gasteiger partial charge in [0.25, 0.3) is 5.91 Å². The van der Waals surface area contributed by atoms with Crippen molar-refractivity contribution >= 4 is 5.91 Å². The van der Waals surface area contributed by atoms with Crippen molar-refractivity contribution in [3.8, 4) is 5.75 Å². The molecule has 1 aliphatic rings. The zero-order chi connectivity index (χ0) is 23.3. The summed E-state index contributed by atoms with van der Waals surface area (Å²) >= 11 is 0. The third-order valence-corrected chi connectivity index (χ3v) is 6.54. The molecule has 0 bridgehead atoms. The average molecular weight is 445 g/mol. The number of ether oxygens (including phenoxy) is 1. The molecule has 1 amide bonds. The Morgan fingerprint density at radius 2 is 1.52 bits per heavy atom. The van der Waals surface area contributed by atoms with E-state index in [1.54, 1.807) is 20.2 Å². The fourth-order valence-electron chi connectivity index (χ4n) is 4.88. The van der Waals surface area contributed by atoms with E-state index in [2.05, 4.69) is 16.3 Å². The zero-order valence-corrected chi connectivity index (χ0v) is 19.4. The molecule has 0 saturated carbocycles. The molecule has 1 heterocycles. The second-order valence-corrected chi connectivity index (χ2v) is 8.53. The lowest BCUT2D eigenvalue weighted by molar-refractivity contribution is 0.0935. The van der Waals surface area contributed by atoms with Gasteiger partial charge in [-0.25, -0.2) is 0 Å². The number of hydrogen-bond donors (Lipinski definition) is 2. The van der Waals surface area contributed by atoms with Crippen molar-refractivity contribution in [3.05, 3.63) is 101 Å². The summed E-state index contributed by atoms with van der Waals surface area (Å²) in [6.45, 7) is 2.85. The molecule has 4 rings (SSSR count). The monoisotopic (exact) mass is 444 g/mol. The summed E-state index contributed by atoms with van der Waals surface area (Å²) in [6.07, 6.45) is 3.65. The molecular formula is C28H32N2O3. The Balaban J connectivity index is 1.96. The van der Waals surface area contributed by atoms with E-state index in [4.69, 9.17) is 4.74 Å². The number of piperidine rings is 1. The lowest BCUT2D eigenvalue weighted by Crippen LogP contribution is -2.36. The van der Waals surface area contributed by atoms with Crippen molar-refractivity contribution in [1.82, 2.24) is 10.2 Å². The Morgan fingerprint density at radius 3 is 2.21 bits per heavy atom. The zero-order valence-electron chi connectivity index (χ0n) is 19.4. The quantitative estimate of drug-likeness (QED) is 0.533. The maximum absolute atomic E-state index is 12.8. The second-order valence-electron chi connectivity index (χ2n) is 8.53. The largest absolute Gasteiger partial charge is 0.496 e. The van der Waals surface area contributed by atoms with Crippen molar-refractivity contribution in [2.45, 2.75) is 31.4 Å². The van der Waals surface area contributed by atoms with Crippen LogP contribution in [0.3, 0.4) is 0 Å². The predicted octanol–water partition coefficient (Wildman–Crippen LogP) is 4.32. The topological polar surface area (TPSA) is 61.8 Å². The van der Waals surface area contributed by atoms with E-state index in [0.717, 1.165) is 30.8 Å². The lowest BCUT2D eigenvalue weighted by atomic mass is 9.76. The molecule has 1 aliphatic heterocycles. The van der Waals surface area contributed by atoms with Crippen LogP contribution < -0.4 is 10.1 Å². The number of hydrogen-bond acceptors (Lipinski definition) is 4. The minimum atomic E-state index is -1.58. The summed E-state index contributed by atoms with van der Waals surface area (Å²) in [4.78, 5) is 15.3. The van der Waals surface area contributed by atoms with Gasteiger partial charge in [0.2, 0.25) is 0 Å². The van der Waals surface area contributed by atoms with E-state index in [-0.39, 0.29) is 5.91 Å². The number of benzene rings is 3. The molecular weight excluding hydrogens is 412 g/mol. The Morgan fingerprint density at radius 1 is 0.909 bits per heavy atom. The Bertz CT molecular complexity index is 1110. The van der Waals surface area contributed by atoms with E-state index in [1.165, 1.54) is 19.3 Å². The molecule has 0 aromatic heterocycles. The van der Waals surface area contributed by atoms with Gasteiger partial charge < -0.3 is 15.2 Å². The van der Waals surface area contributed by atoms with Gasteiger partial charge in [-0.15, -0.1) is 0 Å². The fourth-order valence-corrected chi connectivity index (χ4v) is 4.88. The number of carbonyl (C=O) groups excluding carboxylic acids is 1. The van der Waals surface area contributed by atoms with Gasteiger partial charge in [0, 0.05) is 30.3 Å². The van der Waals surface area contributed by atoms with Gasteiger partial charge in [-0.2, -0.15) is 0 Å². The van der Waals surface area contributed by atoms with Crippen molar-refractivity contribution < 1.29 is 14.6 Å². The summed E-state index contributed by atoms with van der Waals surface area (Å²) in [7, 11) is 3.20. The van der Waals surface area contributed by atoms with Gasteiger partial charge in [0.05, 0.1) is 7.11 Å². The molecule has 3 aromatic rings. The number of amides is 1. The molecule has 5 heteroatoms. The Hall–Kier alpha value is -3.15. The summed E-state index contributed by atoms with van der Waals surface area (Å²) in [5.74, 6) is 0.326. The first kappa shape index (κ1) is 23.0. The van der Waals surface area contributed by atoms with Crippen molar-refractivity contribution in [3.63, 3.8) is 0 Å². The number of rotatable bonds is 7. The maximum Gasteiger partial charge on any atom is 0.251 e. The highest BCUT2D eigenvalue weighted by Gasteiger charge is 2.40. The Labute approximate surface area is 196 Å². The molecule has 3 aromatic carbocycles. The van der Waals surface area contributed by atoms with Gasteiger partial charge in [0.1, 0.15) is 11.4 Å². The Kier molecular flexibility index (Phi) is 7.11. The highest BCUT2D eigenvalue weighted by molar-refractivity contribution is 5.96. The molecule has 5 nitrogen and oxygen atoms in total. The van der Waals surface area contributed by atoms with Crippen molar-refractivity contribution in [1.29, 1.82) is 0 Å². The first-order valence-electron chi connectivity index (χ1n) is 11.6. The van der Waals surface area contributed by atoms with Gasteiger partial charge in [-0.05, 0) is 49.2 Å². The number of nitrogens with zero attached hydrogens (tertiary/aromatic N) is 1. The van der Waals surface area contributed by atoms with Crippen LogP contribution in [0.1, 0.15) is 51.9 Å². The SMILES string of the molecule is CNC(=O)c1ccccc1C(O)(c1ccccc1CN1CCCCC1)c1ccccc1OC. The molecule has 33 heavy (non-hydrogen) atoms. The van der Waals surface area contributed by atoms with Gasteiger partial charge in [-0.3, -0.25) is 9.69 Å². The molecule has 1 atom stereocenters. The van der Waals surface area contributed by atoms with Crippen LogP contribution in [0.25, 0.3) is 0 Å². The van der Waals surface area contributed by atoms with E-state index in [1.807, 2.05) is 60.7 Å². The van der Waals surface area contributed by atoms with Crippen LogP contribution in [0.5, 0.6) is 5.75 Å². The number of para-hydroxylation sites is 1. The van der Waals surface area contributed by atoms with Crippen LogP contribution in [0.4, 0.5) is 0 Å². The van der Waals surface area contributed by atoms with Crippen molar-refractivity contribution in [2.24, 2.45) is 0 Å². The minimum absolute atomic E-state index is 0.243. The predicted molar refractivity (Wildman–Crippen MR) is 130 cm³/mol. The smallest absolute Gasteiger partial charge is 0.251 e. The molecule has 1 saturated heterocycles. The first-order chi connectivity index (χ1) is 16.1. The number of likely N-dealkylation sites (tertiary alicyclic amines) is 1. The lowest BCUT2D eigenvalue weighted by Gasteiger charge is -2.35. The molecule has 172 valence electrons. The fraction of sp³-hybridized carbons (Fsp3) is 0.321. The number of carbonyl (C=O) groups is 1. The van der Waals surface area contributed by atoms with Crippen LogP contribution >= 0.6 is 0 Å². The number of aliphatic hydroxyl groups is 1. The van der Waals surface area contributed by atoms with Crippen LogP contribution in [-0.4, -0.2) is 43.2 Å². The molecule has 1 fully saturated rings. The highest BCUT2D eigenvalue weighted by atomic mass is 16.5. The van der Waals surface area contributed by atoms with E-state index in [0.29, 0.717) is 22.4 Å². The molecule has 2 N–H and O–H groups in total. The highest BCUT2D eigenvalue weighted by Crippen LogP contribution is 2.44. The van der Waals surface area contributed by atoms with Crippen LogP contribution in [0.15, 0.2) is 72.8 Å². The van der Waals surface area contributed by atoms with Crippen LogP contribution in [-0.2, 0) is 12.1 Å². The van der Waals surface area contributed by atoms with Crippen molar-refractivity contribution in [2.75, 3.05) is 27.2 Å². The van der Waals surface area contributed by atoms with Crippen LogP contribution in [0.2, 0.25) is 0 Å². The molecule has 0 spiro atoms. The molecule has 1 unspecified atom stereocenters. The standard InChI is InChI=1S/C28H32N2O3/c1-29-27(31)22-13-5-7-15-24(22)28(32,25-16-8-9-17-26(25)33-2)23-14-6-4-12-21(23)20-30-18-10-3-11-19-30/h4-9,12-17,32H,3,10-11,18-20H2,1-2H3,(H,29,31). The average Bonchev–Trinajstić information content (AvgIpc) is 2.88. The summed E-state index contributed by atoms with van der Waals surface area (Å²) in [5.41, 5.74) is 1.79. The van der Waals surface area contributed by atoms with E-state index < -0.39 is 5.60 Å². The second kappa shape index (κ2) is 10.2. The normalized spacial score (nSPS) is 16.1. The first-order valence-corrected chi connectivity index (χ1v) is 11.6. The van der Waals surface area contributed by atoms with E-state index in [9.17, 15) is 9.90 Å². The van der Waals surface area contributed by atoms with Gasteiger partial charge >= 0.3 is 0 Å².